The Balaban J connectivity index is 1.46. The number of thioether (sulfide) groups is 1. The number of aromatic nitrogens is 2. The van der Waals surface area contributed by atoms with Crippen molar-refractivity contribution < 1.29 is 19.0 Å². The zero-order chi connectivity index (χ0) is 24.4. The summed E-state index contributed by atoms with van der Waals surface area (Å²) in [5, 5.41) is 3.28. The van der Waals surface area contributed by atoms with Crippen molar-refractivity contribution in [2.75, 3.05) is 18.7 Å². The lowest BCUT2D eigenvalue weighted by Gasteiger charge is -2.17. The van der Waals surface area contributed by atoms with Gasteiger partial charge in [0.1, 0.15) is 5.75 Å². The van der Waals surface area contributed by atoms with Gasteiger partial charge in [0.2, 0.25) is 12.7 Å². The second-order valence-corrected chi connectivity index (χ2v) is 9.10. The summed E-state index contributed by atoms with van der Waals surface area (Å²) < 4.78 is 17.8. The van der Waals surface area contributed by atoms with E-state index in [1.54, 1.807) is 37.3 Å². The van der Waals surface area contributed by atoms with E-state index in [-0.39, 0.29) is 18.3 Å². The molecule has 178 valence electrons. The van der Waals surface area contributed by atoms with Crippen LogP contribution in [0.1, 0.15) is 13.8 Å². The van der Waals surface area contributed by atoms with Crippen LogP contribution in [0.4, 0.5) is 5.69 Å². The highest BCUT2D eigenvalue weighted by Gasteiger charge is 2.21. The Bertz CT molecular complexity index is 1450. The third kappa shape index (κ3) is 4.67. The van der Waals surface area contributed by atoms with E-state index in [0.717, 1.165) is 0 Å². The molecule has 3 aromatic carbocycles. The van der Waals surface area contributed by atoms with Crippen LogP contribution in [-0.2, 0) is 4.79 Å². The Labute approximate surface area is 205 Å². The fraction of sp³-hybridized carbons (Fsp3) is 0.192. The number of amides is 1. The van der Waals surface area contributed by atoms with Crippen molar-refractivity contribution in [3.63, 3.8) is 0 Å². The molecule has 0 saturated carbocycles. The highest BCUT2D eigenvalue weighted by Crippen LogP contribution is 2.34. The summed E-state index contributed by atoms with van der Waals surface area (Å²) in [5.41, 5.74) is 1.61. The second kappa shape index (κ2) is 9.71. The quantitative estimate of drug-likeness (QED) is 0.299. The summed E-state index contributed by atoms with van der Waals surface area (Å²) in [6.07, 6.45) is 0. The molecule has 0 fully saturated rings. The minimum atomic E-state index is -0.539. The van der Waals surface area contributed by atoms with E-state index in [1.165, 1.54) is 16.3 Å². The number of hydrogen-bond acceptors (Lipinski definition) is 7. The summed E-state index contributed by atoms with van der Waals surface area (Å²) in [4.78, 5) is 31.2. The standard InChI is InChI=1S/C26H23N3O5S/c1-3-32-19-11-9-18(10-12-19)29-25(31)20-6-4-5-7-21(20)28-26(29)35-16(2)24(30)27-17-8-13-22-23(14-17)34-15-33-22/h4-14,16H,3,15H2,1-2H3,(H,27,30). The van der Waals surface area contributed by atoms with Crippen LogP contribution in [0, 0.1) is 0 Å². The maximum absolute atomic E-state index is 13.5. The molecule has 35 heavy (non-hydrogen) atoms. The predicted molar refractivity (Wildman–Crippen MR) is 135 cm³/mol. The van der Waals surface area contributed by atoms with Crippen LogP contribution in [0.25, 0.3) is 16.6 Å². The SMILES string of the molecule is CCOc1ccc(-n2c(SC(C)C(=O)Nc3ccc4c(c3)OCO4)nc3ccccc3c2=O)cc1. The lowest BCUT2D eigenvalue weighted by atomic mass is 10.2. The van der Waals surface area contributed by atoms with E-state index in [0.29, 0.717) is 51.3 Å². The van der Waals surface area contributed by atoms with Crippen LogP contribution in [0.3, 0.4) is 0 Å². The molecule has 1 unspecified atom stereocenters. The zero-order valence-corrected chi connectivity index (χ0v) is 20.0. The molecule has 0 saturated heterocycles. The smallest absolute Gasteiger partial charge is 0.266 e. The number of benzene rings is 3. The molecule has 0 bridgehead atoms. The minimum absolute atomic E-state index is 0.162. The van der Waals surface area contributed by atoms with Crippen LogP contribution in [-0.4, -0.2) is 34.1 Å². The summed E-state index contributed by atoms with van der Waals surface area (Å²) in [6, 6.07) is 19.7. The van der Waals surface area contributed by atoms with Gasteiger partial charge in [0.15, 0.2) is 16.7 Å². The molecule has 0 spiro atoms. The molecular weight excluding hydrogens is 466 g/mol. The number of hydrogen-bond donors (Lipinski definition) is 1. The summed E-state index contributed by atoms with van der Waals surface area (Å²) >= 11 is 1.21. The van der Waals surface area contributed by atoms with Gasteiger partial charge in [0.05, 0.1) is 28.4 Å². The number of nitrogens with one attached hydrogen (secondary N) is 1. The number of ether oxygens (including phenoxy) is 3. The molecule has 8 nitrogen and oxygen atoms in total. The largest absolute Gasteiger partial charge is 0.494 e. The predicted octanol–water partition coefficient (Wildman–Crippen LogP) is 4.63. The maximum Gasteiger partial charge on any atom is 0.266 e. The van der Waals surface area contributed by atoms with E-state index >= 15 is 0 Å². The highest BCUT2D eigenvalue weighted by molar-refractivity contribution is 8.00. The number of rotatable bonds is 7. The van der Waals surface area contributed by atoms with Crippen molar-refractivity contribution in [1.82, 2.24) is 9.55 Å². The topological polar surface area (TPSA) is 91.7 Å². The van der Waals surface area contributed by atoms with Gasteiger partial charge in [0, 0.05) is 11.8 Å². The molecule has 5 rings (SSSR count). The first-order valence-electron chi connectivity index (χ1n) is 11.2. The monoisotopic (exact) mass is 489 g/mol. The van der Waals surface area contributed by atoms with Crippen LogP contribution in [0.5, 0.6) is 17.2 Å². The van der Waals surface area contributed by atoms with Gasteiger partial charge < -0.3 is 19.5 Å². The van der Waals surface area contributed by atoms with Crippen LogP contribution >= 0.6 is 11.8 Å². The first kappa shape index (κ1) is 22.8. The number of carbonyl (C=O) groups excluding carboxylic acids is 1. The minimum Gasteiger partial charge on any atom is -0.494 e. The van der Waals surface area contributed by atoms with Gasteiger partial charge in [0.25, 0.3) is 5.56 Å². The Hall–Kier alpha value is -3.98. The number of fused-ring (bicyclic) bond motifs is 2. The first-order chi connectivity index (χ1) is 17.0. The molecule has 1 aliphatic heterocycles. The molecule has 1 aromatic heterocycles. The van der Waals surface area contributed by atoms with Crippen molar-refractivity contribution in [1.29, 1.82) is 0 Å². The fourth-order valence-electron chi connectivity index (χ4n) is 3.71. The Morgan fingerprint density at radius 3 is 2.69 bits per heavy atom. The van der Waals surface area contributed by atoms with Crippen molar-refractivity contribution in [3.8, 4) is 22.9 Å². The van der Waals surface area contributed by atoms with E-state index in [1.807, 2.05) is 43.3 Å². The third-order valence-electron chi connectivity index (χ3n) is 5.44. The molecule has 2 heterocycles. The van der Waals surface area contributed by atoms with Crippen molar-refractivity contribution in [2.45, 2.75) is 24.3 Å². The Kier molecular flexibility index (Phi) is 6.33. The van der Waals surface area contributed by atoms with Gasteiger partial charge in [-0.1, -0.05) is 23.9 Å². The van der Waals surface area contributed by atoms with Crippen molar-refractivity contribution in [2.24, 2.45) is 0 Å². The van der Waals surface area contributed by atoms with E-state index in [2.05, 4.69) is 5.32 Å². The highest BCUT2D eigenvalue weighted by atomic mass is 32.2. The van der Waals surface area contributed by atoms with Gasteiger partial charge in [-0.05, 0) is 62.4 Å². The second-order valence-electron chi connectivity index (χ2n) is 7.80. The van der Waals surface area contributed by atoms with E-state index in [4.69, 9.17) is 19.2 Å². The van der Waals surface area contributed by atoms with Gasteiger partial charge >= 0.3 is 0 Å². The molecule has 1 amide bonds. The number of nitrogens with zero attached hydrogens (tertiary/aromatic N) is 2. The molecule has 9 heteroatoms. The number of anilines is 1. The van der Waals surface area contributed by atoms with Gasteiger partial charge in [-0.25, -0.2) is 4.98 Å². The Morgan fingerprint density at radius 1 is 1.11 bits per heavy atom. The third-order valence-corrected chi connectivity index (χ3v) is 6.49. The maximum atomic E-state index is 13.5. The molecule has 0 aliphatic carbocycles. The number of carbonyl (C=O) groups is 1. The summed E-state index contributed by atoms with van der Waals surface area (Å²) in [7, 11) is 0. The molecular formula is C26H23N3O5S. The van der Waals surface area contributed by atoms with Crippen molar-refractivity contribution >= 4 is 34.3 Å². The molecule has 0 radical (unpaired) electrons. The molecule has 1 aliphatic rings. The average Bonchev–Trinajstić information content (AvgIpc) is 3.33. The van der Waals surface area contributed by atoms with Gasteiger partial charge in [-0.2, -0.15) is 0 Å². The first-order valence-corrected chi connectivity index (χ1v) is 12.0. The van der Waals surface area contributed by atoms with Gasteiger partial charge in [-0.15, -0.1) is 0 Å². The van der Waals surface area contributed by atoms with E-state index in [9.17, 15) is 9.59 Å². The van der Waals surface area contributed by atoms with Crippen LogP contribution in [0.15, 0.2) is 76.7 Å². The average molecular weight is 490 g/mol. The summed E-state index contributed by atoms with van der Waals surface area (Å²) in [6.45, 7) is 4.40. The van der Waals surface area contributed by atoms with Crippen LogP contribution in [0.2, 0.25) is 0 Å². The number of para-hydroxylation sites is 1. The van der Waals surface area contributed by atoms with Crippen molar-refractivity contribution in [3.05, 3.63) is 77.1 Å². The van der Waals surface area contributed by atoms with E-state index < -0.39 is 5.25 Å². The normalized spacial score (nSPS) is 13.0. The van der Waals surface area contributed by atoms with Crippen LogP contribution < -0.4 is 25.1 Å². The molecule has 4 aromatic rings. The zero-order valence-electron chi connectivity index (χ0n) is 19.2. The Morgan fingerprint density at radius 2 is 1.89 bits per heavy atom. The molecule has 1 N–H and O–H groups in total. The lowest BCUT2D eigenvalue weighted by Crippen LogP contribution is -2.26. The summed E-state index contributed by atoms with van der Waals surface area (Å²) in [5.74, 6) is 1.71. The molecule has 1 atom stereocenters. The van der Waals surface area contributed by atoms with Gasteiger partial charge in [-0.3, -0.25) is 14.2 Å². The fourth-order valence-corrected chi connectivity index (χ4v) is 4.63. The lowest BCUT2D eigenvalue weighted by molar-refractivity contribution is -0.115.